The van der Waals surface area contributed by atoms with Crippen LogP contribution in [0.4, 0.5) is 5.82 Å². The number of anilines is 1. The molecule has 3 nitrogen and oxygen atoms in total. The average molecular weight is 259 g/mol. The van der Waals surface area contributed by atoms with Crippen LogP contribution in [0.5, 0.6) is 0 Å². The first-order chi connectivity index (χ1) is 8.83. The molecule has 1 heterocycles. The van der Waals surface area contributed by atoms with Crippen LogP contribution in [-0.4, -0.2) is 15.7 Å². The number of hydrogen-bond donors (Lipinski definition) is 1. The SMILES string of the molecule is Nc1nc2ccccc2nc1SCC1CCCC1. The van der Waals surface area contributed by atoms with Crippen LogP contribution >= 0.6 is 11.8 Å². The van der Waals surface area contributed by atoms with Gasteiger partial charge in [-0.05, 0) is 30.9 Å². The number of benzene rings is 1. The number of aromatic nitrogens is 2. The van der Waals surface area contributed by atoms with E-state index < -0.39 is 0 Å². The number of rotatable bonds is 3. The molecule has 1 aliphatic rings. The summed E-state index contributed by atoms with van der Waals surface area (Å²) in [7, 11) is 0. The molecule has 1 aromatic heterocycles. The highest BCUT2D eigenvalue weighted by Gasteiger charge is 2.16. The molecule has 0 spiro atoms. The molecule has 1 fully saturated rings. The second kappa shape index (κ2) is 5.14. The van der Waals surface area contributed by atoms with Crippen LogP contribution in [0, 0.1) is 5.92 Å². The van der Waals surface area contributed by atoms with Crippen LogP contribution in [0.3, 0.4) is 0 Å². The molecule has 0 atom stereocenters. The minimum Gasteiger partial charge on any atom is -0.381 e. The molecule has 0 bridgehead atoms. The van der Waals surface area contributed by atoms with Gasteiger partial charge < -0.3 is 5.73 Å². The number of nitrogens with two attached hydrogens (primary N) is 1. The lowest BCUT2D eigenvalue weighted by molar-refractivity contribution is 0.623. The van der Waals surface area contributed by atoms with Crippen molar-refractivity contribution in [3.05, 3.63) is 24.3 Å². The van der Waals surface area contributed by atoms with Gasteiger partial charge in [0.15, 0.2) is 5.82 Å². The Balaban J connectivity index is 1.80. The lowest BCUT2D eigenvalue weighted by Crippen LogP contribution is -2.01. The molecular formula is C14H17N3S. The molecule has 2 aromatic rings. The molecular weight excluding hydrogens is 242 g/mol. The van der Waals surface area contributed by atoms with Gasteiger partial charge in [-0.3, -0.25) is 0 Å². The fourth-order valence-electron chi connectivity index (χ4n) is 2.48. The average Bonchev–Trinajstić information content (AvgIpc) is 2.89. The maximum absolute atomic E-state index is 5.98. The third kappa shape index (κ3) is 2.43. The van der Waals surface area contributed by atoms with Crippen molar-refractivity contribution < 1.29 is 0 Å². The van der Waals surface area contributed by atoms with Crippen molar-refractivity contribution in [2.24, 2.45) is 5.92 Å². The van der Waals surface area contributed by atoms with Gasteiger partial charge in [-0.25, -0.2) is 9.97 Å². The standard InChI is InChI=1S/C14H17N3S/c15-13-14(18-9-10-5-1-2-6-10)17-12-8-4-3-7-11(12)16-13/h3-4,7-8,10H,1-2,5-6,9H2,(H2,15,16). The zero-order chi connectivity index (χ0) is 12.4. The van der Waals surface area contributed by atoms with Gasteiger partial charge in [0.05, 0.1) is 11.0 Å². The highest BCUT2D eigenvalue weighted by molar-refractivity contribution is 7.99. The molecule has 94 valence electrons. The van der Waals surface area contributed by atoms with Crippen molar-refractivity contribution >= 4 is 28.6 Å². The molecule has 1 saturated carbocycles. The van der Waals surface area contributed by atoms with Gasteiger partial charge in [-0.15, -0.1) is 11.8 Å². The Hall–Kier alpha value is -1.29. The van der Waals surface area contributed by atoms with Crippen LogP contribution < -0.4 is 5.73 Å². The Morgan fingerprint density at radius 1 is 1.11 bits per heavy atom. The van der Waals surface area contributed by atoms with E-state index in [1.807, 2.05) is 24.3 Å². The summed E-state index contributed by atoms with van der Waals surface area (Å²) in [6.45, 7) is 0. The van der Waals surface area contributed by atoms with E-state index in [0.29, 0.717) is 5.82 Å². The fourth-order valence-corrected chi connectivity index (χ4v) is 3.56. The largest absolute Gasteiger partial charge is 0.381 e. The summed E-state index contributed by atoms with van der Waals surface area (Å²) < 4.78 is 0. The Morgan fingerprint density at radius 2 is 1.78 bits per heavy atom. The summed E-state index contributed by atoms with van der Waals surface area (Å²) in [6, 6.07) is 7.88. The molecule has 4 heteroatoms. The van der Waals surface area contributed by atoms with Crippen LogP contribution in [0.25, 0.3) is 11.0 Å². The molecule has 18 heavy (non-hydrogen) atoms. The number of thioether (sulfide) groups is 1. The first kappa shape index (κ1) is 11.8. The quantitative estimate of drug-likeness (QED) is 0.857. The van der Waals surface area contributed by atoms with Crippen LogP contribution in [0.2, 0.25) is 0 Å². The van der Waals surface area contributed by atoms with E-state index in [9.17, 15) is 0 Å². The van der Waals surface area contributed by atoms with Gasteiger partial charge in [-0.1, -0.05) is 25.0 Å². The third-order valence-corrected chi connectivity index (χ3v) is 4.71. The van der Waals surface area contributed by atoms with Crippen LogP contribution in [0.1, 0.15) is 25.7 Å². The number of para-hydroxylation sites is 2. The third-order valence-electron chi connectivity index (χ3n) is 3.49. The maximum Gasteiger partial charge on any atom is 0.156 e. The molecule has 2 N–H and O–H groups in total. The van der Waals surface area contributed by atoms with E-state index in [1.54, 1.807) is 11.8 Å². The van der Waals surface area contributed by atoms with Crippen molar-refractivity contribution in [3.63, 3.8) is 0 Å². The molecule has 0 unspecified atom stereocenters. The molecule has 1 aromatic carbocycles. The first-order valence-corrected chi connectivity index (χ1v) is 7.46. The Labute approximate surface area is 111 Å². The molecule has 0 saturated heterocycles. The number of hydrogen-bond acceptors (Lipinski definition) is 4. The predicted molar refractivity (Wildman–Crippen MR) is 76.6 cm³/mol. The number of fused-ring (bicyclic) bond motifs is 1. The monoisotopic (exact) mass is 259 g/mol. The summed E-state index contributed by atoms with van der Waals surface area (Å²) in [5.41, 5.74) is 7.78. The zero-order valence-electron chi connectivity index (χ0n) is 10.3. The Morgan fingerprint density at radius 3 is 2.50 bits per heavy atom. The first-order valence-electron chi connectivity index (χ1n) is 6.48. The summed E-state index contributed by atoms with van der Waals surface area (Å²) in [4.78, 5) is 9.03. The summed E-state index contributed by atoms with van der Waals surface area (Å²) in [5, 5.41) is 0.889. The lowest BCUT2D eigenvalue weighted by Gasteiger charge is -2.09. The van der Waals surface area contributed by atoms with Gasteiger partial charge in [0, 0.05) is 5.75 Å². The van der Waals surface area contributed by atoms with Crippen molar-refractivity contribution in [3.8, 4) is 0 Å². The van der Waals surface area contributed by atoms with Crippen molar-refractivity contribution in [1.82, 2.24) is 9.97 Å². The van der Waals surface area contributed by atoms with E-state index >= 15 is 0 Å². The molecule has 1 aliphatic carbocycles. The second-order valence-corrected chi connectivity index (χ2v) is 5.87. The van der Waals surface area contributed by atoms with Crippen LogP contribution in [0.15, 0.2) is 29.3 Å². The van der Waals surface area contributed by atoms with Gasteiger partial charge in [0.1, 0.15) is 5.03 Å². The summed E-state index contributed by atoms with van der Waals surface area (Å²) in [6.07, 6.45) is 5.47. The van der Waals surface area contributed by atoms with Crippen molar-refractivity contribution in [2.75, 3.05) is 11.5 Å². The van der Waals surface area contributed by atoms with E-state index in [0.717, 1.165) is 27.7 Å². The van der Waals surface area contributed by atoms with Gasteiger partial charge in [-0.2, -0.15) is 0 Å². The maximum atomic E-state index is 5.98. The number of nitrogens with zero attached hydrogens (tertiary/aromatic N) is 2. The predicted octanol–water partition coefficient (Wildman–Crippen LogP) is 3.49. The molecule has 0 radical (unpaired) electrons. The van der Waals surface area contributed by atoms with E-state index in [4.69, 9.17) is 5.73 Å². The smallest absolute Gasteiger partial charge is 0.156 e. The van der Waals surface area contributed by atoms with Gasteiger partial charge in [0.2, 0.25) is 0 Å². The van der Waals surface area contributed by atoms with E-state index in [2.05, 4.69) is 9.97 Å². The molecule has 0 aliphatic heterocycles. The minimum absolute atomic E-state index is 0.566. The molecule has 3 rings (SSSR count). The van der Waals surface area contributed by atoms with Gasteiger partial charge >= 0.3 is 0 Å². The fraction of sp³-hybridized carbons (Fsp3) is 0.429. The van der Waals surface area contributed by atoms with Crippen LogP contribution in [-0.2, 0) is 0 Å². The zero-order valence-corrected chi connectivity index (χ0v) is 11.1. The Bertz CT molecular complexity index is 550. The van der Waals surface area contributed by atoms with E-state index in [1.165, 1.54) is 25.7 Å². The normalized spacial score (nSPS) is 16.4. The lowest BCUT2D eigenvalue weighted by atomic mass is 10.1. The molecule has 0 amide bonds. The summed E-state index contributed by atoms with van der Waals surface area (Å²) in [5.74, 6) is 2.52. The van der Waals surface area contributed by atoms with E-state index in [-0.39, 0.29) is 0 Å². The van der Waals surface area contributed by atoms with Crippen molar-refractivity contribution in [1.29, 1.82) is 0 Å². The topological polar surface area (TPSA) is 51.8 Å². The summed E-state index contributed by atoms with van der Waals surface area (Å²) >= 11 is 1.76. The minimum atomic E-state index is 0.566. The Kier molecular flexibility index (Phi) is 3.37. The van der Waals surface area contributed by atoms with Crippen molar-refractivity contribution in [2.45, 2.75) is 30.7 Å². The highest BCUT2D eigenvalue weighted by atomic mass is 32.2. The second-order valence-electron chi connectivity index (χ2n) is 4.86. The van der Waals surface area contributed by atoms with Gasteiger partial charge in [0.25, 0.3) is 0 Å². The highest BCUT2D eigenvalue weighted by Crippen LogP contribution is 2.32. The number of nitrogen functional groups attached to an aromatic ring is 1.